The van der Waals surface area contributed by atoms with Crippen LogP contribution >= 0.6 is 0 Å². The normalized spacial score (nSPS) is 18.9. The summed E-state index contributed by atoms with van der Waals surface area (Å²) in [6.07, 6.45) is 1.05. The topological polar surface area (TPSA) is 64.8 Å². The van der Waals surface area contributed by atoms with E-state index in [1.165, 1.54) is 0 Å². The smallest absolute Gasteiger partial charge is 0.260 e. The van der Waals surface area contributed by atoms with Crippen LogP contribution in [0.15, 0.2) is 24.3 Å². The molecule has 98 valence electrons. The van der Waals surface area contributed by atoms with Gasteiger partial charge in [0, 0.05) is 25.9 Å². The molecule has 2 rings (SSSR count). The Kier molecular flexibility index (Phi) is 4.04. The average Bonchev–Trinajstić information content (AvgIpc) is 2.86. The van der Waals surface area contributed by atoms with Crippen LogP contribution < -0.4 is 10.5 Å². The van der Waals surface area contributed by atoms with Crippen LogP contribution in [0.3, 0.4) is 0 Å². The minimum Gasteiger partial charge on any atom is -0.484 e. The molecular weight excluding hydrogens is 232 g/mol. The Morgan fingerprint density at radius 1 is 1.44 bits per heavy atom. The van der Waals surface area contributed by atoms with Crippen LogP contribution in [0.4, 0.5) is 5.69 Å². The van der Waals surface area contributed by atoms with Gasteiger partial charge in [-0.2, -0.15) is 0 Å². The van der Waals surface area contributed by atoms with Gasteiger partial charge in [-0.25, -0.2) is 0 Å². The maximum atomic E-state index is 11.9. The number of amides is 1. The van der Waals surface area contributed by atoms with Crippen molar-refractivity contribution < 1.29 is 14.3 Å². The molecule has 1 saturated heterocycles. The maximum absolute atomic E-state index is 11.9. The van der Waals surface area contributed by atoms with Crippen molar-refractivity contribution in [1.29, 1.82) is 0 Å². The van der Waals surface area contributed by atoms with Crippen molar-refractivity contribution in [3.63, 3.8) is 0 Å². The molecule has 0 aliphatic carbocycles. The first kappa shape index (κ1) is 12.7. The van der Waals surface area contributed by atoms with E-state index in [1.807, 2.05) is 0 Å². The summed E-state index contributed by atoms with van der Waals surface area (Å²) in [6.45, 7) is 1.45. The number of methoxy groups -OCH3 is 1. The zero-order valence-corrected chi connectivity index (χ0v) is 10.5. The largest absolute Gasteiger partial charge is 0.484 e. The molecule has 5 nitrogen and oxygen atoms in total. The summed E-state index contributed by atoms with van der Waals surface area (Å²) in [4.78, 5) is 13.6. The van der Waals surface area contributed by atoms with Gasteiger partial charge in [0.1, 0.15) is 5.75 Å². The predicted molar refractivity (Wildman–Crippen MR) is 68.3 cm³/mol. The number of benzene rings is 1. The Bertz CT molecular complexity index is 405. The molecular formula is C13H18N2O3. The van der Waals surface area contributed by atoms with Gasteiger partial charge in [0.05, 0.1) is 6.10 Å². The molecule has 1 aromatic carbocycles. The lowest BCUT2D eigenvalue weighted by molar-refractivity contribution is -0.132. The third-order valence-corrected chi connectivity index (χ3v) is 3.07. The van der Waals surface area contributed by atoms with E-state index in [0.29, 0.717) is 18.0 Å². The number of carbonyl (C=O) groups is 1. The Morgan fingerprint density at radius 2 is 2.17 bits per heavy atom. The fourth-order valence-electron chi connectivity index (χ4n) is 1.95. The second-order valence-electron chi connectivity index (χ2n) is 4.34. The maximum Gasteiger partial charge on any atom is 0.260 e. The molecule has 5 heteroatoms. The fraction of sp³-hybridized carbons (Fsp3) is 0.462. The van der Waals surface area contributed by atoms with Crippen molar-refractivity contribution in [3.05, 3.63) is 24.3 Å². The quantitative estimate of drug-likeness (QED) is 0.806. The van der Waals surface area contributed by atoms with E-state index < -0.39 is 0 Å². The first-order valence-corrected chi connectivity index (χ1v) is 5.98. The third-order valence-electron chi connectivity index (χ3n) is 3.07. The Hall–Kier alpha value is -1.75. The number of likely N-dealkylation sites (tertiary alicyclic amines) is 1. The fourth-order valence-corrected chi connectivity index (χ4v) is 1.95. The highest BCUT2D eigenvalue weighted by Crippen LogP contribution is 2.15. The third kappa shape index (κ3) is 3.13. The second kappa shape index (κ2) is 5.73. The van der Waals surface area contributed by atoms with E-state index in [4.69, 9.17) is 15.2 Å². The summed E-state index contributed by atoms with van der Waals surface area (Å²) in [5.74, 6) is 0.645. The highest BCUT2D eigenvalue weighted by Gasteiger charge is 2.25. The van der Waals surface area contributed by atoms with Crippen LogP contribution in [0.1, 0.15) is 6.42 Å². The molecule has 0 radical (unpaired) electrons. The van der Waals surface area contributed by atoms with Crippen molar-refractivity contribution in [2.24, 2.45) is 0 Å². The van der Waals surface area contributed by atoms with Gasteiger partial charge in [-0.05, 0) is 30.7 Å². The number of hydrogen-bond donors (Lipinski definition) is 1. The highest BCUT2D eigenvalue weighted by molar-refractivity contribution is 5.78. The highest BCUT2D eigenvalue weighted by atomic mass is 16.5. The first-order valence-electron chi connectivity index (χ1n) is 5.98. The van der Waals surface area contributed by atoms with Gasteiger partial charge >= 0.3 is 0 Å². The molecule has 0 saturated carbocycles. The van der Waals surface area contributed by atoms with Crippen LogP contribution in [0.2, 0.25) is 0 Å². The van der Waals surface area contributed by atoms with Crippen molar-refractivity contribution in [2.75, 3.05) is 32.5 Å². The molecule has 1 aliphatic rings. The van der Waals surface area contributed by atoms with Gasteiger partial charge in [0.2, 0.25) is 0 Å². The number of carbonyl (C=O) groups excluding carboxylic acids is 1. The predicted octanol–water partition coefficient (Wildman–Crippen LogP) is 0.895. The summed E-state index contributed by atoms with van der Waals surface area (Å²) in [7, 11) is 1.67. The Labute approximate surface area is 106 Å². The molecule has 1 atom stereocenters. The van der Waals surface area contributed by atoms with Crippen molar-refractivity contribution in [1.82, 2.24) is 4.90 Å². The van der Waals surface area contributed by atoms with Gasteiger partial charge in [0.25, 0.3) is 5.91 Å². The number of rotatable bonds is 4. The molecule has 2 N–H and O–H groups in total. The van der Waals surface area contributed by atoms with E-state index in [-0.39, 0.29) is 18.6 Å². The average molecular weight is 250 g/mol. The van der Waals surface area contributed by atoms with Gasteiger partial charge in [0.15, 0.2) is 6.61 Å². The van der Waals surface area contributed by atoms with Crippen molar-refractivity contribution >= 4 is 11.6 Å². The van der Waals surface area contributed by atoms with Crippen LogP contribution in [0.25, 0.3) is 0 Å². The molecule has 1 aliphatic heterocycles. The zero-order valence-electron chi connectivity index (χ0n) is 10.5. The lowest BCUT2D eigenvalue weighted by Gasteiger charge is -2.16. The summed E-state index contributed by atoms with van der Waals surface area (Å²) in [5, 5.41) is 0. The minimum absolute atomic E-state index is 0.00799. The van der Waals surface area contributed by atoms with Crippen molar-refractivity contribution in [2.45, 2.75) is 12.5 Å². The molecule has 0 bridgehead atoms. The van der Waals surface area contributed by atoms with E-state index in [9.17, 15) is 4.79 Å². The summed E-state index contributed by atoms with van der Waals surface area (Å²) in [6, 6.07) is 7.00. The SMILES string of the molecule is COC1CCN(C(=O)COc2ccc(N)cc2)C1. The molecule has 1 amide bonds. The zero-order chi connectivity index (χ0) is 13.0. The lowest BCUT2D eigenvalue weighted by atomic mass is 10.3. The van der Waals surface area contributed by atoms with Crippen LogP contribution in [-0.2, 0) is 9.53 Å². The first-order chi connectivity index (χ1) is 8.69. The van der Waals surface area contributed by atoms with Gasteiger partial charge in [-0.3, -0.25) is 4.79 Å². The molecule has 1 fully saturated rings. The standard InChI is InChI=1S/C13H18N2O3/c1-17-12-6-7-15(8-12)13(16)9-18-11-4-2-10(14)3-5-11/h2-5,12H,6-9,14H2,1H3. The molecule has 1 aromatic rings. The number of ether oxygens (including phenoxy) is 2. The molecule has 1 unspecified atom stereocenters. The van der Waals surface area contributed by atoms with Gasteiger partial charge < -0.3 is 20.1 Å². The lowest BCUT2D eigenvalue weighted by Crippen LogP contribution is -2.33. The van der Waals surface area contributed by atoms with E-state index in [1.54, 1.807) is 36.3 Å². The summed E-state index contributed by atoms with van der Waals surface area (Å²) in [5.41, 5.74) is 6.25. The van der Waals surface area contributed by atoms with Gasteiger partial charge in [-0.1, -0.05) is 0 Å². The Morgan fingerprint density at radius 3 is 2.78 bits per heavy atom. The number of nitrogen functional groups attached to an aromatic ring is 1. The minimum atomic E-state index is -0.00799. The number of nitrogens with two attached hydrogens (primary N) is 1. The Balaban J connectivity index is 1.80. The molecule has 18 heavy (non-hydrogen) atoms. The summed E-state index contributed by atoms with van der Waals surface area (Å²) >= 11 is 0. The molecule has 0 aromatic heterocycles. The van der Waals surface area contributed by atoms with Crippen molar-refractivity contribution in [3.8, 4) is 5.75 Å². The number of anilines is 1. The van der Waals surface area contributed by atoms with Crippen LogP contribution in [0.5, 0.6) is 5.75 Å². The van der Waals surface area contributed by atoms with Crippen LogP contribution in [-0.4, -0.2) is 43.7 Å². The van der Waals surface area contributed by atoms with E-state index in [0.717, 1.165) is 13.0 Å². The number of nitrogens with zero attached hydrogens (tertiary/aromatic N) is 1. The monoisotopic (exact) mass is 250 g/mol. The van der Waals surface area contributed by atoms with Crippen LogP contribution in [0, 0.1) is 0 Å². The number of hydrogen-bond acceptors (Lipinski definition) is 4. The van der Waals surface area contributed by atoms with E-state index >= 15 is 0 Å². The second-order valence-corrected chi connectivity index (χ2v) is 4.34. The molecule has 0 spiro atoms. The summed E-state index contributed by atoms with van der Waals surface area (Å²) < 4.78 is 10.6. The van der Waals surface area contributed by atoms with E-state index in [2.05, 4.69) is 0 Å². The molecule has 1 heterocycles. The van der Waals surface area contributed by atoms with Gasteiger partial charge in [-0.15, -0.1) is 0 Å².